The Morgan fingerprint density at radius 3 is 3.00 bits per heavy atom. The molecule has 1 atom stereocenters. The summed E-state index contributed by atoms with van der Waals surface area (Å²) in [5.74, 6) is 0. The van der Waals surface area contributed by atoms with Crippen molar-refractivity contribution in [2.75, 3.05) is 13.2 Å². The average Bonchev–Trinajstić information content (AvgIpc) is 2.52. The lowest BCUT2D eigenvalue weighted by Crippen LogP contribution is -2.24. The van der Waals surface area contributed by atoms with Crippen LogP contribution in [0.5, 0.6) is 0 Å². The van der Waals surface area contributed by atoms with Gasteiger partial charge in [-0.05, 0) is 41.8 Å². The van der Waals surface area contributed by atoms with E-state index < -0.39 is 0 Å². The van der Waals surface area contributed by atoms with E-state index >= 15 is 0 Å². The van der Waals surface area contributed by atoms with Crippen LogP contribution in [0.15, 0.2) is 15.9 Å². The molecule has 1 unspecified atom stereocenters. The second-order valence-corrected chi connectivity index (χ2v) is 5.09. The smallest absolute Gasteiger partial charge is 0.0480 e. The molecule has 0 saturated carbocycles. The predicted octanol–water partition coefficient (Wildman–Crippen LogP) is 2.81. The second-order valence-electron chi connectivity index (χ2n) is 3.18. The highest BCUT2D eigenvalue weighted by Gasteiger charge is 2.05. The monoisotopic (exact) mass is 277 g/mol. The minimum Gasteiger partial charge on any atom is -0.382 e. The molecule has 1 aromatic rings. The Hall–Kier alpha value is 0.1000. The van der Waals surface area contributed by atoms with Crippen molar-refractivity contribution in [3.63, 3.8) is 0 Å². The molecule has 0 fully saturated rings. The van der Waals surface area contributed by atoms with E-state index in [0.29, 0.717) is 0 Å². The van der Waals surface area contributed by atoms with Gasteiger partial charge >= 0.3 is 0 Å². The zero-order valence-electron chi connectivity index (χ0n) is 8.33. The Kier molecular flexibility index (Phi) is 5.70. The Morgan fingerprint density at radius 2 is 2.43 bits per heavy atom. The van der Waals surface area contributed by atoms with E-state index in [-0.39, 0.29) is 6.04 Å². The van der Waals surface area contributed by atoms with Gasteiger partial charge in [0, 0.05) is 34.0 Å². The van der Waals surface area contributed by atoms with Gasteiger partial charge in [-0.2, -0.15) is 0 Å². The zero-order valence-corrected chi connectivity index (χ0v) is 10.7. The molecule has 4 heteroatoms. The summed E-state index contributed by atoms with van der Waals surface area (Å²) >= 11 is 5.18. The lowest BCUT2D eigenvalue weighted by Gasteiger charge is -2.09. The number of ether oxygens (including phenoxy) is 1. The first-order valence-corrected chi connectivity index (χ1v) is 6.46. The van der Waals surface area contributed by atoms with Crippen LogP contribution in [0.3, 0.4) is 0 Å². The first kappa shape index (κ1) is 12.2. The van der Waals surface area contributed by atoms with E-state index in [2.05, 4.69) is 27.4 Å². The maximum absolute atomic E-state index is 5.97. The Labute approximate surface area is 97.6 Å². The number of hydrogen-bond acceptors (Lipinski definition) is 3. The summed E-state index contributed by atoms with van der Waals surface area (Å²) in [7, 11) is 0. The van der Waals surface area contributed by atoms with Crippen LogP contribution in [0.25, 0.3) is 0 Å². The van der Waals surface area contributed by atoms with Gasteiger partial charge in [0.15, 0.2) is 0 Å². The molecule has 0 spiro atoms. The largest absolute Gasteiger partial charge is 0.382 e. The molecule has 1 rings (SSSR count). The lowest BCUT2D eigenvalue weighted by molar-refractivity contribution is 0.140. The third-order valence-corrected chi connectivity index (χ3v) is 3.64. The van der Waals surface area contributed by atoms with Crippen molar-refractivity contribution in [1.29, 1.82) is 0 Å². The van der Waals surface area contributed by atoms with Crippen LogP contribution in [0.2, 0.25) is 0 Å². The van der Waals surface area contributed by atoms with Crippen LogP contribution < -0.4 is 5.73 Å². The number of rotatable bonds is 6. The number of nitrogens with two attached hydrogens (primary N) is 1. The molecular formula is C10H16BrNOS. The zero-order chi connectivity index (χ0) is 10.4. The number of hydrogen-bond donors (Lipinski definition) is 1. The van der Waals surface area contributed by atoms with Gasteiger partial charge in [0.05, 0.1) is 0 Å². The van der Waals surface area contributed by atoms with E-state index in [9.17, 15) is 0 Å². The molecule has 0 aromatic carbocycles. The maximum atomic E-state index is 5.97. The molecule has 0 amide bonds. The van der Waals surface area contributed by atoms with E-state index in [1.54, 1.807) is 11.3 Å². The van der Waals surface area contributed by atoms with Gasteiger partial charge in [-0.3, -0.25) is 0 Å². The fourth-order valence-corrected chi connectivity index (χ4v) is 2.75. The molecule has 0 saturated heterocycles. The quantitative estimate of drug-likeness (QED) is 0.812. The Bertz CT molecular complexity index is 264. The van der Waals surface area contributed by atoms with Gasteiger partial charge in [-0.1, -0.05) is 0 Å². The summed E-state index contributed by atoms with van der Waals surface area (Å²) in [6.07, 6.45) is 1.88. The van der Waals surface area contributed by atoms with Crippen molar-refractivity contribution in [1.82, 2.24) is 0 Å². The molecule has 0 radical (unpaired) electrons. The van der Waals surface area contributed by atoms with Crippen LogP contribution in [0, 0.1) is 0 Å². The minimum absolute atomic E-state index is 0.215. The number of thiophene rings is 1. The van der Waals surface area contributed by atoms with Crippen LogP contribution in [-0.2, 0) is 11.2 Å². The molecular weight excluding hydrogens is 262 g/mol. The van der Waals surface area contributed by atoms with Gasteiger partial charge in [0.1, 0.15) is 0 Å². The minimum atomic E-state index is 0.215. The van der Waals surface area contributed by atoms with Crippen molar-refractivity contribution < 1.29 is 4.74 Å². The molecule has 0 aliphatic rings. The third-order valence-electron chi connectivity index (χ3n) is 1.92. The van der Waals surface area contributed by atoms with E-state index in [1.807, 2.05) is 6.92 Å². The van der Waals surface area contributed by atoms with Crippen LogP contribution >= 0.6 is 27.3 Å². The van der Waals surface area contributed by atoms with Crippen molar-refractivity contribution in [2.45, 2.75) is 25.8 Å². The standard InChI is InChI=1S/C10H16BrNOS/c1-2-13-4-3-9(12)6-10-5-8(11)7-14-10/h5,7,9H,2-4,6,12H2,1H3. The third kappa shape index (κ3) is 4.55. The molecule has 0 aliphatic carbocycles. The molecule has 0 aliphatic heterocycles. The summed E-state index contributed by atoms with van der Waals surface area (Å²) in [4.78, 5) is 1.33. The topological polar surface area (TPSA) is 35.2 Å². The Balaban J connectivity index is 2.23. The molecule has 0 bridgehead atoms. The van der Waals surface area contributed by atoms with Gasteiger partial charge in [0.25, 0.3) is 0 Å². The first-order valence-electron chi connectivity index (χ1n) is 4.78. The highest BCUT2D eigenvalue weighted by Crippen LogP contribution is 2.21. The number of halogens is 1. The van der Waals surface area contributed by atoms with E-state index in [4.69, 9.17) is 10.5 Å². The average molecular weight is 278 g/mol. The molecule has 2 N–H and O–H groups in total. The van der Waals surface area contributed by atoms with Crippen molar-refractivity contribution in [3.05, 3.63) is 20.8 Å². The van der Waals surface area contributed by atoms with Gasteiger partial charge in [-0.15, -0.1) is 11.3 Å². The summed E-state index contributed by atoms with van der Waals surface area (Å²) in [6, 6.07) is 2.35. The normalized spacial score (nSPS) is 13.1. The summed E-state index contributed by atoms with van der Waals surface area (Å²) in [5, 5.41) is 2.09. The lowest BCUT2D eigenvalue weighted by atomic mass is 10.1. The predicted molar refractivity (Wildman–Crippen MR) is 64.8 cm³/mol. The van der Waals surface area contributed by atoms with Gasteiger partial charge < -0.3 is 10.5 Å². The summed E-state index contributed by atoms with van der Waals surface area (Å²) in [6.45, 7) is 3.55. The highest BCUT2D eigenvalue weighted by atomic mass is 79.9. The second kappa shape index (κ2) is 6.56. The fraction of sp³-hybridized carbons (Fsp3) is 0.600. The van der Waals surface area contributed by atoms with Crippen LogP contribution in [0.4, 0.5) is 0 Å². The van der Waals surface area contributed by atoms with Gasteiger partial charge in [-0.25, -0.2) is 0 Å². The molecule has 14 heavy (non-hydrogen) atoms. The first-order chi connectivity index (χ1) is 6.72. The van der Waals surface area contributed by atoms with Crippen LogP contribution in [0.1, 0.15) is 18.2 Å². The summed E-state index contributed by atoms with van der Waals surface area (Å²) < 4.78 is 6.41. The van der Waals surface area contributed by atoms with E-state index in [1.165, 1.54) is 4.88 Å². The van der Waals surface area contributed by atoms with Crippen molar-refractivity contribution in [3.8, 4) is 0 Å². The van der Waals surface area contributed by atoms with Crippen LogP contribution in [-0.4, -0.2) is 19.3 Å². The Morgan fingerprint density at radius 1 is 1.64 bits per heavy atom. The SMILES string of the molecule is CCOCCC(N)Cc1cc(Br)cs1. The van der Waals surface area contributed by atoms with Gasteiger partial charge in [0.2, 0.25) is 0 Å². The molecule has 1 aromatic heterocycles. The summed E-state index contributed by atoms with van der Waals surface area (Å²) in [5.41, 5.74) is 5.97. The molecule has 2 nitrogen and oxygen atoms in total. The van der Waals surface area contributed by atoms with Crippen molar-refractivity contribution in [2.24, 2.45) is 5.73 Å². The molecule has 80 valence electrons. The van der Waals surface area contributed by atoms with Crippen molar-refractivity contribution >= 4 is 27.3 Å². The van der Waals surface area contributed by atoms with E-state index in [0.717, 1.165) is 30.5 Å². The fourth-order valence-electron chi connectivity index (χ4n) is 1.20. The maximum Gasteiger partial charge on any atom is 0.0480 e. The molecule has 1 heterocycles. The highest BCUT2D eigenvalue weighted by molar-refractivity contribution is 9.10.